The molecule has 0 fully saturated rings. The molecule has 0 aliphatic heterocycles. The molecule has 1 aromatic heterocycles. The van der Waals surface area contributed by atoms with E-state index in [0.717, 1.165) is 17.1 Å². The maximum Gasteiger partial charge on any atom is 0.230 e. The van der Waals surface area contributed by atoms with E-state index in [1.54, 1.807) is 26.4 Å². The molecule has 0 radical (unpaired) electrons. The predicted molar refractivity (Wildman–Crippen MR) is 71.8 cm³/mol. The monoisotopic (exact) mass is 279 g/mol. The normalized spacial score (nSPS) is 10.0. The van der Waals surface area contributed by atoms with E-state index in [-0.39, 0.29) is 12.3 Å². The number of amides is 1. The number of rotatable bonds is 5. The number of nitrogens with zero attached hydrogens (tertiary/aromatic N) is 2. The molecular weight excluding hydrogens is 266 g/mol. The van der Waals surface area contributed by atoms with Crippen LogP contribution in [0.2, 0.25) is 0 Å². The van der Waals surface area contributed by atoms with Gasteiger partial charge in [-0.3, -0.25) is 4.79 Å². The van der Waals surface area contributed by atoms with Gasteiger partial charge in [-0.15, -0.1) is 0 Å². The van der Waals surface area contributed by atoms with Crippen LogP contribution in [-0.2, 0) is 11.2 Å². The third-order valence-corrected chi connectivity index (χ3v) is 3.00. The molecule has 2 aromatic rings. The van der Waals surface area contributed by atoms with Crippen molar-refractivity contribution in [3.63, 3.8) is 0 Å². The second-order valence-corrected chi connectivity index (χ2v) is 4.44. The Hall–Kier alpha value is -2.15. The summed E-state index contributed by atoms with van der Waals surface area (Å²) >= 11 is 1.14. The Morgan fingerprint density at radius 1 is 1.32 bits per heavy atom. The molecule has 0 saturated heterocycles. The number of methoxy groups -OCH3 is 2. The van der Waals surface area contributed by atoms with Crippen LogP contribution >= 0.6 is 11.5 Å². The zero-order valence-corrected chi connectivity index (χ0v) is 11.4. The van der Waals surface area contributed by atoms with Crippen molar-refractivity contribution in [1.29, 1.82) is 0 Å². The molecule has 0 aliphatic carbocycles. The number of benzene rings is 1. The molecule has 0 atom stereocenters. The van der Waals surface area contributed by atoms with Crippen LogP contribution in [0.15, 0.2) is 24.5 Å². The van der Waals surface area contributed by atoms with E-state index < -0.39 is 0 Å². The van der Waals surface area contributed by atoms with Crippen molar-refractivity contribution < 1.29 is 14.3 Å². The second kappa shape index (κ2) is 6.14. The number of carbonyl (C=O) groups excluding carboxylic acids is 1. The Kier molecular flexibility index (Phi) is 4.30. The predicted octanol–water partition coefficient (Wildman–Crippen LogP) is 1.74. The molecule has 0 aliphatic rings. The first kappa shape index (κ1) is 13.3. The fourth-order valence-electron chi connectivity index (χ4n) is 1.57. The third-order valence-electron chi connectivity index (χ3n) is 2.42. The summed E-state index contributed by atoms with van der Waals surface area (Å²) in [6.45, 7) is 0. The van der Waals surface area contributed by atoms with Gasteiger partial charge in [-0.1, -0.05) is 6.07 Å². The van der Waals surface area contributed by atoms with Crippen LogP contribution in [0.1, 0.15) is 5.56 Å². The number of hydrogen-bond acceptors (Lipinski definition) is 6. The smallest absolute Gasteiger partial charge is 0.230 e. The number of anilines is 1. The van der Waals surface area contributed by atoms with Gasteiger partial charge in [0.05, 0.1) is 20.6 Å². The highest BCUT2D eigenvalue weighted by Crippen LogP contribution is 2.27. The Balaban J connectivity index is 2.04. The van der Waals surface area contributed by atoms with Crippen molar-refractivity contribution in [1.82, 2.24) is 9.36 Å². The molecule has 1 heterocycles. The van der Waals surface area contributed by atoms with Crippen LogP contribution in [-0.4, -0.2) is 29.5 Å². The van der Waals surface area contributed by atoms with E-state index in [9.17, 15) is 4.79 Å². The fourth-order valence-corrected chi connectivity index (χ4v) is 2.02. The fraction of sp³-hybridized carbons (Fsp3) is 0.250. The Bertz CT molecular complexity index is 557. The number of carbonyl (C=O) groups is 1. The Labute approximate surface area is 114 Å². The first-order valence-electron chi connectivity index (χ1n) is 5.50. The number of aromatic nitrogens is 2. The van der Waals surface area contributed by atoms with Gasteiger partial charge >= 0.3 is 0 Å². The molecule has 100 valence electrons. The number of hydrogen-bond donors (Lipinski definition) is 1. The van der Waals surface area contributed by atoms with Crippen LogP contribution in [0.3, 0.4) is 0 Å². The second-order valence-electron chi connectivity index (χ2n) is 3.66. The SMILES string of the molecule is COc1ccc(CC(=O)Nc2ncns2)cc1OC. The lowest BCUT2D eigenvalue weighted by atomic mass is 10.1. The minimum absolute atomic E-state index is 0.149. The van der Waals surface area contributed by atoms with E-state index in [1.807, 2.05) is 6.07 Å². The van der Waals surface area contributed by atoms with Crippen molar-refractivity contribution in [2.24, 2.45) is 0 Å². The molecule has 0 spiro atoms. The maximum absolute atomic E-state index is 11.8. The highest BCUT2D eigenvalue weighted by Gasteiger charge is 2.09. The minimum Gasteiger partial charge on any atom is -0.493 e. The molecule has 2 rings (SSSR count). The van der Waals surface area contributed by atoms with Gasteiger partial charge in [0.15, 0.2) is 11.5 Å². The van der Waals surface area contributed by atoms with E-state index in [1.165, 1.54) is 6.33 Å². The molecule has 0 saturated carbocycles. The van der Waals surface area contributed by atoms with Gasteiger partial charge in [0, 0.05) is 11.5 Å². The largest absolute Gasteiger partial charge is 0.493 e. The Morgan fingerprint density at radius 2 is 2.11 bits per heavy atom. The molecule has 6 nitrogen and oxygen atoms in total. The van der Waals surface area contributed by atoms with Crippen LogP contribution in [0, 0.1) is 0 Å². The summed E-state index contributed by atoms with van der Waals surface area (Å²) in [7, 11) is 3.13. The number of ether oxygens (including phenoxy) is 2. The van der Waals surface area contributed by atoms with E-state index in [4.69, 9.17) is 9.47 Å². The maximum atomic E-state index is 11.8. The van der Waals surface area contributed by atoms with E-state index in [2.05, 4.69) is 14.7 Å². The van der Waals surface area contributed by atoms with E-state index in [0.29, 0.717) is 16.6 Å². The van der Waals surface area contributed by atoms with E-state index >= 15 is 0 Å². The molecule has 1 aromatic carbocycles. The van der Waals surface area contributed by atoms with Crippen molar-refractivity contribution >= 4 is 22.6 Å². The number of nitrogens with one attached hydrogen (secondary N) is 1. The average Bonchev–Trinajstić information content (AvgIpc) is 2.91. The first-order chi connectivity index (χ1) is 9.22. The van der Waals surface area contributed by atoms with Crippen LogP contribution in [0.25, 0.3) is 0 Å². The molecule has 0 bridgehead atoms. The van der Waals surface area contributed by atoms with Gasteiger partial charge in [-0.25, -0.2) is 4.98 Å². The van der Waals surface area contributed by atoms with Gasteiger partial charge < -0.3 is 14.8 Å². The van der Waals surface area contributed by atoms with Crippen LogP contribution in [0.4, 0.5) is 5.13 Å². The average molecular weight is 279 g/mol. The molecule has 0 unspecified atom stereocenters. The zero-order chi connectivity index (χ0) is 13.7. The summed E-state index contributed by atoms with van der Waals surface area (Å²) in [4.78, 5) is 15.7. The summed E-state index contributed by atoms with van der Waals surface area (Å²) in [6, 6.07) is 5.37. The highest BCUT2D eigenvalue weighted by atomic mass is 32.1. The van der Waals surface area contributed by atoms with Gasteiger partial charge in [0.1, 0.15) is 6.33 Å². The molecule has 1 amide bonds. The highest BCUT2D eigenvalue weighted by molar-refractivity contribution is 7.09. The molecular formula is C12H13N3O3S. The lowest BCUT2D eigenvalue weighted by Gasteiger charge is -2.09. The lowest BCUT2D eigenvalue weighted by molar-refractivity contribution is -0.115. The Morgan fingerprint density at radius 3 is 2.74 bits per heavy atom. The quantitative estimate of drug-likeness (QED) is 0.902. The summed E-state index contributed by atoms with van der Waals surface area (Å²) in [5.41, 5.74) is 0.833. The topological polar surface area (TPSA) is 73.3 Å². The van der Waals surface area contributed by atoms with Crippen LogP contribution in [0.5, 0.6) is 11.5 Å². The summed E-state index contributed by atoms with van der Waals surface area (Å²) in [5.74, 6) is 1.09. The zero-order valence-electron chi connectivity index (χ0n) is 10.5. The summed E-state index contributed by atoms with van der Waals surface area (Å²) < 4.78 is 14.1. The standard InChI is InChI=1S/C12H13N3O3S/c1-17-9-4-3-8(5-10(9)18-2)6-11(16)15-12-13-7-14-19-12/h3-5,7H,6H2,1-2H3,(H,13,14,15,16). The van der Waals surface area contributed by atoms with Gasteiger partial charge in [-0.05, 0) is 17.7 Å². The molecule has 7 heteroatoms. The minimum atomic E-state index is -0.149. The summed E-state index contributed by atoms with van der Waals surface area (Å²) in [6.07, 6.45) is 1.64. The van der Waals surface area contributed by atoms with Gasteiger partial charge in [0.2, 0.25) is 11.0 Å². The first-order valence-corrected chi connectivity index (χ1v) is 6.27. The third kappa shape index (κ3) is 3.41. The van der Waals surface area contributed by atoms with Crippen molar-refractivity contribution in [2.75, 3.05) is 19.5 Å². The van der Waals surface area contributed by atoms with Crippen molar-refractivity contribution in [3.8, 4) is 11.5 Å². The lowest BCUT2D eigenvalue weighted by Crippen LogP contribution is -2.14. The van der Waals surface area contributed by atoms with Crippen molar-refractivity contribution in [2.45, 2.75) is 6.42 Å². The molecule has 1 N–H and O–H groups in total. The van der Waals surface area contributed by atoms with Crippen molar-refractivity contribution in [3.05, 3.63) is 30.1 Å². The van der Waals surface area contributed by atoms with Crippen LogP contribution < -0.4 is 14.8 Å². The summed E-state index contributed by atoms with van der Waals surface area (Å²) in [5, 5.41) is 3.16. The van der Waals surface area contributed by atoms with Gasteiger partial charge in [-0.2, -0.15) is 4.37 Å². The molecule has 19 heavy (non-hydrogen) atoms. The van der Waals surface area contributed by atoms with Gasteiger partial charge in [0.25, 0.3) is 0 Å².